The Balaban J connectivity index is 1.61. The molecule has 1 atom stereocenters. The molecule has 0 bridgehead atoms. The average Bonchev–Trinajstić information content (AvgIpc) is 3.17. The summed E-state index contributed by atoms with van der Waals surface area (Å²) in [5, 5.41) is 3.45. The Morgan fingerprint density at radius 2 is 2.11 bits per heavy atom. The predicted octanol–water partition coefficient (Wildman–Crippen LogP) is 2.80. The molecule has 1 saturated carbocycles. The van der Waals surface area contributed by atoms with Gasteiger partial charge in [-0.2, -0.15) is 0 Å². The van der Waals surface area contributed by atoms with Crippen LogP contribution >= 0.6 is 0 Å². The first kappa shape index (κ1) is 12.4. The fourth-order valence-corrected chi connectivity index (χ4v) is 2.69. The van der Waals surface area contributed by atoms with E-state index in [1.165, 1.54) is 24.0 Å². The van der Waals surface area contributed by atoms with Crippen LogP contribution in [0.4, 0.5) is 0 Å². The summed E-state index contributed by atoms with van der Waals surface area (Å²) in [5.74, 6) is 0.848. The molecule has 2 aromatic heterocycles. The zero-order chi connectivity index (χ0) is 13.1. The zero-order valence-corrected chi connectivity index (χ0v) is 11.4. The molecule has 1 aliphatic carbocycles. The number of hydrogen-bond acceptors (Lipinski definition) is 2. The molecule has 0 amide bonds. The van der Waals surface area contributed by atoms with Gasteiger partial charge in [-0.25, -0.2) is 0 Å². The number of rotatable bonds is 6. The SMILES string of the molecule is CNC(c1ccn(CCc2ccncc2)c1)C1CC1. The van der Waals surface area contributed by atoms with E-state index in [4.69, 9.17) is 0 Å². The van der Waals surface area contributed by atoms with Crippen molar-refractivity contribution in [2.45, 2.75) is 31.8 Å². The molecule has 3 rings (SSSR count). The van der Waals surface area contributed by atoms with Crippen molar-refractivity contribution in [1.29, 1.82) is 0 Å². The van der Waals surface area contributed by atoms with Gasteiger partial charge < -0.3 is 9.88 Å². The summed E-state index contributed by atoms with van der Waals surface area (Å²) < 4.78 is 2.29. The fourth-order valence-electron chi connectivity index (χ4n) is 2.69. The number of aryl methyl sites for hydroxylation is 2. The van der Waals surface area contributed by atoms with Gasteiger partial charge >= 0.3 is 0 Å². The van der Waals surface area contributed by atoms with Gasteiger partial charge in [-0.3, -0.25) is 4.98 Å². The highest BCUT2D eigenvalue weighted by atomic mass is 15.0. The van der Waals surface area contributed by atoms with Crippen molar-refractivity contribution in [2.75, 3.05) is 7.05 Å². The fraction of sp³-hybridized carbons (Fsp3) is 0.438. The van der Waals surface area contributed by atoms with Crippen LogP contribution in [0.25, 0.3) is 0 Å². The Hall–Kier alpha value is -1.61. The number of aromatic nitrogens is 2. The van der Waals surface area contributed by atoms with Crippen LogP contribution in [-0.2, 0) is 13.0 Å². The molecule has 100 valence electrons. The van der Waals surface area contributed by atoms with Crippen molar-refractivity contribution in [3.63, 3.8) is 0 Å². The van der Waals surface area contributed by atoms with Crippen molar-refractivity contribution in [2.24, 2.45) is 5.92 Å². The summed E-state index contributed by atoms with van der Waals surface area (Å²) in [6, 6.07) is 6.98. The van der Waals surface area contributed by atoms with Gasteiger partial charge in [-0.05, 0) is 61.6 Å². The molecular weight excluding hydrogens is 234 g/mol. The first-order valence-electron chi connectivity index (χ1n) is 7.08. The maximum atomic E-state index is 4.05. The monoisotopic (exact) mass is 255 g/mol. The summed E-state index contributed by atoms with van der Waals surface area (Å²) >= 11 is 0. The largest absolute Gasteiger partial charge is 0.354 e. The minimum atomic E-state index is 0.544. The molecule has 1 aliphatic rings. The third-order valence-electron chi connectivity index (χ3n) is 3.94. The van der Waals surface area contributed by atoms with Crippen molar-refractivity contribution >= 4 is 0 Å². The van der Waals surface area contributed by atoms with E-state index in [1.807, 2.05) is 12.4 Å². The van der Waals surface area contributed by atoms with E-state index in [2.05, 4.69) is 52.5 Å². The quantitative estimate of drug-likeness (QED) is 0.860. The molecule has 1 unspecified atom stereocenters. The Morgan fingerprint density at radius 1 is 1.32 bits per heavy atom. The standard InChI is InChI=1S/C16H21N3/c1-17-16(14-2-3-14)15-7-11-19(12-15)10-6-13-4-8-18-9-5-13/h4-5,7-9,11-12,14,16-17H,2-3,6,10H2,1H3. The van der Waals surface area contributed by atoms with E-state index >= 15 is 0 Å². The molecular formula is C16H21N3. The first-order valence-corrected chi connectivity index (χ1v) is 7.08. The van der Waals surface area contributed by atoms with Crippen LogP contribution in [0.2, 0.25) is 0 Å². The molecule has 3 nitrogen and oxygen atoms in total. The third-order valence-corrected chi connectivity index (χ3v) is 3.94. The summed E-state index contributed by atoms with van der Waals surface area (Å²) in [6.07, 6.45) is 12.0. The highest BCUT2D eigenvalue weighted by Crippen LogP contribution is 2.40. The first-order chi connectivity index (χ1) is 9.36. The zero-order valence-electron chi connectivity index (χ0n) is 11.4. The Kier molecular flexibility index (Phi) is 3.65. The molecule has 1 N–H and O–H groups in total. The maximum absolute atomic E-state index is 4.05. The van der Waals surface area contributed by atoms with E-state index < -0.39 is 0 Å². The molecule has 0 spiro atoms. The van der Waals surface area contributed by atoms with Crippen molar-refractivity contribution in [1.82, 2.24) is 14.9 Å². The molecule has 2 aromatic rings. The molecule has 1 fully saturated rings. The summed E-state index contributed by atoms with van der Waals surface area (Å²) in [5.41, 5.74) is 2.78. The minimum Gasteiger partial charge on any atom is -0.354 e. The van der Waals surface area contributed by atoms with E-state index in [-0.39, 0.29) is 0 Å². The number of hydrogen-bond donors (Lipinski definition) is 1. The Morgan fingerprint density at radius 3 is 2.79 bits per heavy atom. The molecule has 0 radical (unpaired) electrons. The topological polar surface area (TPSA) is 29.9 Å². The molecule has 2 heterocycles. The Bertz CT molecular complexity index is 514. The summed E-state index contributed by atoms with van der Waals surface area (Å²) in [4.78, 5) is 4.05. The van der Waals surface area contributed by atoms with Gasteiger partial charge in [0.2, 0.25) is 0 Å². The smallest absolute Gasteiger partial charge is 0.0361 e. The number of nitrogens with one attached hydrogen (secondary N) is 1. The van der Waals surface area contributed by atoms with E-state index in [9.17, 15) is 0 Å². The van der Waals surface area contributed by atoms with Crippen molar-refractivity contribution in [3.8, 4) is 0 Å². The van der Waals surface area contributed by atoms with Gasteiger partial charge in [-0.15, -0.1) is 0 Å². The second-order valence-corrected chi connectivity index (χ2v) is 5.39. The van der Waals surface area contributed by atoms with Gasteiger partial charge in [0.25, 0.3) is 0 Å². The van der Waals surface area contributed by atoms with Gasteiger partial charge in [0, 0.05) is 37.4 Å². The lowest BCUT2D eigenvalue weighted by Crippen LogP contribution is -2.17. The van der Waals surface area contributed by atoms with Crippen LogP contribution in [-0.4, -0.2) is 16.6 Å². The number of pyridine rings is 1. The second kappa shape index (κ2) is 5.57. The van der Waals surface area contributed by atoms with Crippen LogP contribution in [0.1, 0.15) is 30.0 Å². The maximum Gasteiger partial charge on any atom is 0.0361 e. The Labute approximate surface area is 114 Å². The minimum absolute atomic E-state index is 0.544. The van der Waals surface area contributed by atoms with Crippen molar-refractivity contribution in [3.05, 3.63) is 54.1 Å². The predicted molar refractivity (Wildman–Crippen MR) is 76.9 cm³/mol. The van der Waals surface area contributed by atoms with Crippen LogP contribution < -0.4 is 5.32 Å². The lowest BCUT2D eigenvalue weighted by Gasteiger charge is -2.13. The van der Waals surface area contributed by atoms with E-state index in [1.54, 1.807) is 0 Å². The third kappa shape index (κ3) is 3.04. The molecule has 0 saturated heterocycles. The second-order valence-electron chi connectivity index (χ2n) is 5.39. The lowest BCUT2D eigenvalue weighted by molar-refractivity contribution is 0.527. The lowest BCUT2D eigenvalue weighted by atomic mass is 10.1. The summed E-state index contributed by atoms with van der Waals surface area (Å²) in [6.45, 7) is 1.03. The van der Waals surface area contributed by atoms with Gasteiger partial charge in [0.15, 0.2) is 0 Å². The van der Waals surface area contributed by atoms with Gasteiger partial charge in [0.1, 0.15) is 0 Å². The highest BCUT2D eigenvalue weighted by molar-refractivity contribution is 5.18. The molecule has 3 heteroatoms. The van der Waals surface area contributed by atoms with E-state index in [0.29, 0.717) is 6.04 Å². The van der Waals surface area contributed by atoms with Gasteiger partial charge in [-0.1, -0.05) is 0 Å². The number of nitrogens with zero attached hydrogens (tertiary/aromatic N) is 2. The van der Waals surface area contributed by atoms with Crippen LogP contribution in [0.5, 0.6) is 0 Å². The van der Waals surface area contributed by atoms with E-state index in [0.717, 1.165) is 18.9 Å². The average molecular weight is 255 g/mol. The van der Waals surface area contributed by atoms with Crippen LogP contribution in [0.15, 0.2) is 43.0 Å². The normalized spacial score (nSPS) is 16.5. The molecule has 0 aliphatic heterocycles. The molecule has 19 heavy (non-hydrogen) atoms. The highest BCUT2D eigenvalue weighted by Gasteiger charge is 2.31. The van der Waals surface area contributed by atoms with Crippen LogP contribution in [0.3, 0.4) is 0 Å². The summed E-state index contributed by atoms with van der Waals surface area (Å²) in [7, 11) is 2.07. The van der Waals surface area contributed by atoms with Gasteiger partial charge in [0.05, 0.1) is 0 Å². The van der Waals surface area contributed by atoms with Crippen molar-refractivity contribution < 1.29 is 0 Å². The van der Waals surface area contributed by atoms with Crippen LogP contribution in [0, 0.1) is 5.92 Å². The molecule has 0 aromatic carbocycles.